The second-order valence-electron chi connectivity index (χ2n) is 7.05. The summed E-state index contributed by atoms with van der Waals surface area (Å²) in [5, 5.41) is 11.1. The maximum absolute atomic E-state index is 5.21. The lowest BCUT2D eigenvalue weighted by molar-refractivity contribution is 0.414. The van der Waals surface area contributed by atoms with Gasteiger partial charge in [0.1, 0.15) is 5.75 Å². The molecule has 0 unspecified atom stereocenters. The standard InChI is InChI=1S/C24H31N5O.HI/c1-3-25-24(26-15-6-8-20-11-13-23(30-2)14-12-20)27-18-21-9-4-5-10-22(21)19-29-17-7-16-28-29;/h4-5,7,9-14,16-17H,3,6,8,15,18-19H2,1-2H3,(H2,25,26,27);1H. The van der Waals surface area contributed by atoms with Crippen LogP contribution in [0, 0.1) is 0 Å². The highest BCUT2D eigenvalue weighted by atomic mass is 127. The highest BCUT2D eigenvalue weighted by molar-refractivity contribution is 14.0. The lowest BCUT2D eigenvalue weighted by Crippen LogP contribution is -2.37. The van der Waals surface area contributed by atoms with Gasteiger partial charge < -0.3 is 15.4 Å². The van der Waals surface area contributed by atoms with Gasteiger partial charge >= 0.3 is 0 Å². The Kier molecular flexibility index (Phi) is 10.9. The summed E-state index contributed by atoms with van der Waals surface area (Å²) in [5.41, 5.74) is 3.76. The number of ether oxygens (including phenoxy) is 1. The minimum absolute atomic E-state index is 0. The molecule has 0 amide bonds. The van der Waals surface area contributed by atoms with Crippen molar-refractivity contribution in [3.05, 3.63) is 83.7 Å². The Balaban J connectivity index is 0.00000341. The average Bonchev–Trinajstić information content (AvgIpc) is 3.29. The molecule has 3 aromatic rings. The van der Waals surface area contributed by atoms with E-state index in [1.54, 1.807) is 13.3 Å². The van der Waals surface area contributed by atoms with Crippen molar-refractivity contribution in [1.82, 2.24) is 20.4 Å². The van der Waals surface area contributed by atoms with Gasteiger partial charge in [-0.05, 0) is 54.7 Å². The minimum Gasteiger partial charge on any atom is -0.497 e. The van der Waals surface area contributed by atoms with E-state index in [2.05, 4.69) is 59.1 Å². The minimum atomic E-state index is 0. The molecule has 0 atom stereocenters. The molecule has 2 N–H and O–H groups in total. The highest BCUT2D eigenvalue weighted by Gasteiger charge is 2.04. The fourth-order valence-corrected chi connectivity index (χ4v) is 3.23. The third-order valence-electron chi connectivity index (χ3n) is 4.86. The van der Waals surface area contributed by atoms with Crippen molar-refractivity contribution in [2.45, 2.75) is 32.9 Å². The Hall–Kier alpha value is -2.55. The summed E-state index contributed by atoms with van der Waals surface area (Å²) in [5.74, 6) is 1.74. The van der Waals surface area contributed by atoms with E-state index in [-0.39, 0.29) is 24.0 Å². The Morgan fingerprint density at radius 2 is 1.81 bits per heavy atom. The van der Waals surface area contributed by atoms with Crippen LogP contribution in [0.15, 0.2) is 72.0 Å². The number of nitrogens with one attached hydrogen (secondary N) is 2. The molecule has 7 heteroatoms. The number of hydrogen-bond acceptors (Lipinski definition) is 3. The Labute approximate surface area is 202 Å². The van der Waals surface area contributed by atoms with E-state index in [0.29, 0.717) is 6.54 Å². The summed E-state index contributed by atoms with van der Waals surface area (Å²) in [6, 6.07) is 18.6. The molecule has 0 aliphatic rings. The summed E-state index contributed by atoms with van der Waals surface area (Å²) in [4.78, 5) is 4.79. The van der Waals surface area contributed by atoms with Gasteiger partial charge in [-0.15, -0.1) is 24.0 Å². The van der Waals surface area contributed by atoms with Crippen LogP contribution >= 0.6 is 24.0 Å². The molecule has 1 heterocycles. The van der Waals surface area contributed by atoms with Gasteiger partial charge in [0.2, 0.25) is 0 Å². The number of halogens is 1. The van der Waals surface area contributed by atoms with Crippen molar-refractivity contribution in [2.75, 3.05) is 20.2 Å². The molecule has 6 nitrogen and oxygen atoms in total. The zero-order valence-electron chi connectivity index (χ0n) is 18.3. The molecule has 0 bridgehead atoms. The van der Waals surface area contributed by atoms with Crippen molar-refractivity contribution in [3.63, 3.8) is 0 Å². The zero-order chi connectivity index (χ0) is 21.0. The lowest BCUT2D eigenvalue weighted by atomic mass is 10.1. The van der Waals surface area contributed by atoms with Crippen LogP contribution in [-0.2, 0) is 19.5 Å². The number of guanidine groups is 1. The van der Waals surface area contributed by atoms with Crippen molar-refractivity contribution in [2.24, 2.45) is 4.99 Å². The normalized spacial score (nSPS) is 11.0. The first kappa shape index (κ1) is 24.7. The molecule has 0 fully saturated rings. The van der Waals surface area contributed by atoms with Crippen LogP contribution in [0.1, 0.15) is 30.0 Å². The van der Waals surface area contributed by atoms with Crippen LogP contribution in [0.2, 0.25) is 0 Å². The third kappa shape index (κ3) is 8.24. The van der Waals surface area contributed by atoms with E-state index in [9.17, 15) is 0 Å². The van der Waals surface area contributed by atoms with Gasteiger partial charge in [-0.25, -0.2) is 4.99 Å². The van der Waals surface area contributed by atoms with E-state index < -0.39 is 0 Å². The average molecular weight is 533 g/mol. The lowest BCUT2D eigenvalue weighted by Gasteiger charge is -2.13. The quantitative estimate of drug-likeness (QED) is 0.177. The second kappa shape index (κ2) is 13.7. The van der Waals surface area contributed by atoms with Crippen LogP contribution in [0.4, 0.5) is 0 Å². The predicted octanol–water partition coefficient (Wildman–Crippen LogP) is 4.25. The van der Waals surface area contributed by atoms with Gasteiger partial charge in [-0.3, -0.25) is 4.68 Å². The molecule has 31 heavy (non-hydrogen) atoms. The van der Waals surface area contributed by atoms with Crippen molar-refractivity contribution >= 4 is 29.9 Å². The first-order valence-corrected chi connectivity index (χ1v) is 10.5. The molecule has 166 valence electrons. The monoisotopic (exact) mass is 533 g/mol. The van der Waals surface area contributed by atoms with E-state index in [1.807, 2.05) is 29.1 Å². The van der Waals surface area contributed by atoms with E-state index in [4.69, 9.17) is 9.73 Å². The number of hydrogen-bond donors (Lipinski definition) is 2. The summed E-state index contributed by atoms with van der Waals surface area (Å²) < 4.78 is 7.15. The Morgan fingerprint density at radius 1 is 1.03 bits per heavy atom. The SMILES string of the molecule is CCNC(=NCc1ccccc1Cn1cccn1)NCCCc1ccc(OC)cc1.I. The van der Waals surface area contributed by atoms with Gasteiger partial charge in [-0.1, -0.05) is 36.4 Å². The predicted molar refractivity (Wildman–Crippen MR) is 137 cm³/mol. The molecule has 0 saturated heterocycles. The van der Waals surface area contributed by atoms with Gasteiger partial charge in [-0.2, -0.15) is 5.10 Å². The number of aryl methyl sites for hydroxylation is 1. The van der Waals surface area contributed by atoms with Gasteiger partial charge in [0.05, 0.1) is 20.2 Å². The van der Waals surface area contributed by atoms with Gasteiger partial charge in [0.25, 0.3) is 0 Å². The largest absolute Gasteiger partial charge is 0.497 e. The first-order chi connectivity index (χ1) is 14.8. The molecular formula is C24H32IN5O. The third-order valence-corrected chi connectivity index (χ3v) is 4.86. The topological polar surface area (TPSA) is 63.5 Å². The fourth-order valence-electron chi connectivity index (χ4n) is 3.23. The van der Waals surface area contributed by atoms with E-state index >= 15 is 0 Å². The smallest absolute Gasteiger partial charge is 0.191 e. The molecular weight excluding hydrogens is 501 g/mol. The summed E-state index contributed by atoms with van der Waals surface area (Å²) in [6.07, 6.45) is 5.84. The number of methoxy groups -OCH3 is 1. The van der Waals surface area contributed by atoms with Crippen LogP contribution < -0.4 is 15.4 Å². The molecule has 0 spiro atoms. The Bertz CT molecular complexity index is 910. The highest BCUT2D eigenvalue weighted by Crippen LogP contribution is 2.13. The molecule has 1 aromatic heterocycles. The maximum atomic E-state index is 5.21. The van der Waals surface area contributed by atoms with Gasteiger partial charge in [0, 0.05) is 25.5 Å². The molecule has 0 saturated carbocycles. The number of aromatic nitrogens is 2. The second-order valence-corrected chi connectivity index (χ2v) is 7.05. The van der Waals surface area contributed by atoms with Crippen molar-refractivity contribution in [3.8, 4) is 5.75 Å². The number of nitrogens with zero attached hydrogens (tertiary/aromatic N) is 3. The summed E-state index contributed by atoms with van der Waals surface area (Å²) >= 11 is 0. The number of aliphatic imine (C=N–C) groups is 1. The maximum Gasteiger partial charge on any atom is 0.191 e. The van der Waals surface area contributed by atoms with Crippen LogP contribution in [0.25, 0.3) is 0 Å². The molecule has 2 aromatic carbocycles. The van der Waals surface area contributed by atoms with Crippen LogP contribution in [0.5, 0.6) is 5.75 Å². The molecule has 0 radical (unpaired) electrons. The van der Waals surface area contributed by atoms with E-state index in [0.717, 1.165) is 44.2 Å². The fraction of sp³-hybridized carbons (Fsp3) is 0.333. The summed E-state index contributed by atoms with van der Waals surface area (Å²) in [6.45, 7) is 5.17. The number of rotatable bonds is 10. The summed E-state index contributed by atoms with van der Waals surface area (Å²) in [7, 11) is 1.69. The van der Waals surface area contributed by atoms with Crippen molar-refractivity contribution < 1.29 is 4.74 Å². The Morgan fingerprint density at radius 3 is 2.48 bits per heavy atom. The van der Waals surface area contributed by atoms with Crippen LogP contribution in [0.3, 0.4) is 0 Å². The first-order valence-electron chi connectivity index (χ1n) is 10.5. The van der Waals surface area contributed by atoms with Gasteiger partial charge in [0.15, 0.2) is 5.96 Å². The molecule has 3 rings (SSSR count). The molecule has 0 aliphatic carbocycles. The van der Waals surface area contributed by atoms with Crippen LogP contribution in [-0.4, -0.2) is 35.9 Å². The molecule has 0 aliphatic heterocycles. The van der Waals surface area contributed by atoms with E-state index in [1.165, 1.54) is 16.7 Å². The number of benzene rings is 2. The zero-order valence-corrected chi connectivity index (χ0v) is 20.6. The van der Waals surface area contributed by atoms with Crippen molar-refractivity contribution in [1.29, 1.82) is 0 Å².